The molecule has 0 saturated carbocycles. The number of amidine groups is 3. The van der Waals surface area contributed by atoms with Crippen LogP contribution >= 0.6 is 0 Å². The van der Waals surface area contributed by atoms with Gasteiger partial charge in [0.1, 0.15) is 5.91 Å². The quantitative estimate of drug-likeness (QED) is 0.146. The summed E-state index contributed by atoms with van der Waals surface area (Å²) in [5.74, 6) is -4.07. The van der Waals surface area contributed by atoms with Crippen LogP contribution in [-0.4, -0.2) is 170 Å². The van der Waals surface area contributed by atoms with E-state index < -0.39 is 95.8 Å². The molecule has 6 amide bonds. The van der Waals surface area contributed by atoms with Crippen LogP contribution in [0.4, 0.5) is 4.79 Å². The van der Waals surface area contributed by atoms with E-state index in [0.29, 0.717) is 0 Å². The molecule has 0 aromatic rings. The van der Waals surface area contributed by atoms with Crippen molar-refractivity contribution >= 4 is 71.6 Å². The van der Waals surface area contributed by atoms with Gasteiger partial charge in [-0.3, -0.25) is 43.7 Å². The summed E-state index contributed by atoms with van der Waals surface area (Å²) in [4.78, 5) is 112. The van der Waals surface area contributed by atoms with Crippen molar-refractivity contribution in [2.24, 2.45) is 15.0 Å². The van der Waals surface area contributed by atoms with Gasteiger partial charge in [0, 0.05) is 41.5 Å². The zero-order valence-corrected chi connectivity index (χ0v) is 39.0. The number of hydrogen-bond acceptors (Lipinski definition) is 22. The van der Waals surface area contributed by atoms with Crippen LogP contribution in [0.15, 0.2) is 15.0 Å². The van der Waals surface area contributed by atoms with Crippen LogP contribution in [0.1, 0.15) is 48.5 Å². The van der Waals surface area contributed by atoms with E-state index in [0.717, 1.165) is 19.6 Å². The fraction of sp³-hybridized carbons (Fsp3) is 0.559. The Bertz CT molecular complexity index is 1640. The minimum Gasteiger partial charge on any atom is -0.846 e. The van der Waals surface area contributed by atoms with Crippen molar-refractivity contribution in [2.75, 3.05) is 54.6 Å². The van der Waals surface area contributed by atoms with Crippen molar-refractivity contribution < 1.29 is 116 Å². The summed E-state index contributed by atoms with van der Waals surface area (Å²) in [6.45, 7) is 9.21. The number of imide groups is 1. The molecule has 4 rings (SSSR count). The molecule has 0 spiro atoms. The molecule has 4 aliphatic rings. The molecule has 4 atom stereocenters. The van der Waals surface area contributed by atoms with Crippen molar-refractivity contribution in [2.45, 2.75) is 72.6 Å². The first-order valence-corrected chi connectivity index (χ1v) is 16.8. The zero-order chi connectivity index (χ0) is 48.2. The molecular formula is C34H45N11O16Rh2. The van der Waals surface area contributed by atoms with E-state index in [1.165, 1.54) is 76.9 Å². The summed E-state index contributed by atoms with van der Waals surface area (Å²) in [5.41, 5.74) is 0. The summed E-state index contributed by atoms with van der Waals surface area (Å²) < 4.78 is 17.6. The van der Waals surface area contributed by atoms with Crippen LogP contribution in [0.5, 0.6) is 0 Å². The first kappa shape index (κ1) is 65.5. The van der Waals surface area contributed by atoms with E-state index in [4.69, 9.17) is 15.8 Å². The Hall–Kier alpha value is -6.64. The third-order valence-electron chi connectivity index (χ3n) is 6.82. The summed E-state index contributed by atoms with van der Waals surface area (Å²) >= 11 is 0. The van der Waals surface area contributed by atoms with Gasteiger partial charge in [0.15, 0.2) is 24.2 Å². The number of amides is 6. The van der Waals surface area contributed by atoms with Crippen LogP contribution in [0.3, 0.4) is 0 Å². The van der Waals surface area contributed by atoms with Crippen LogP contribution in [0.25, 0.3) is 5.32 Å². The summed E-state index contributed by atoms with van der Waals surface area (Å²) in [6, 6.07) is -0.901. The number of urea groups is 1. The van der Waals surface area contributed by atoms with Gasteiger partial charge in [-0.05, 0) is 13.5 Å². The molecule has 0 aromatic heterocycles. The molecule has 27 nitrogen and oxygen atoms in total. The van der Waals surface area contributed by atoms with Gasteiger partial charge in [0.2, 0.25) is 17.7 Å². The average molecular weight is 1070 g/mol. The minimum atomic E-state index is -0.860. The van der Waals surface area contributed by atoms with Gasteiger partial charge in [-0.1, -0.05) is 0 Å². The number of ether oxygens (including phenoxy) is 4. The largest absolute Gasteiger partial charge is 2.00 e. The molecule has 1 saturated heterocycles. The Morgan fingerprint density at radius 2 is 0.746 bits per heavy atom. The standard InChI is InChI=1S/4C7H10N2O4.3C2H3N.2Rh/c4*1-4(10)9-3-5(6(11)13-2)8-7(9)12;3*1-2-3;;/h4*5H,3H2,1-2H3,(H,8,12);3*1H3;;/q;;;;;;;2*+2/p-4/t4*5-;;;;;/m0000...../s1. The Morgan fingerprint density at radius 3 is 0.905 bits per heavy atom. The maximum Gasteiger partial charge on any atom is 2.00 e. The van der Waals surface area contributed by atoms with Crippen molar-refractivity contribution in [1.82, 2.24) is 19.6 Å². The molecule has 1 fully saturated rings. The van der Waals surface area contributed by atoms with Crippen LogP contribution in [0, 0.1) is 34.0 Å². The second-order valence-electron chi connectivity index (χ2n) is 11.0. The van der Waals surface area contributed by atoms with Gasteiger partial charge in [0.25, 0.3) is 0 Å². The van der Waals surface area contributed by atoms with E-state index >= 15 is 0 Å². The number of hydrogen-bond donors (Lipinski definition) is 0. The Morgan fingerprint density at radius 1 is 0.524 bits per heavy atom. The first-order chi connectivity index (χ1) is 28.5. The van der Waals surface area contributed by atoms with Crippen molar-refractivity contribution in [3.05, 3.63) is 5.32 Å². The molecule has 4 aliphatic heterocycles. The zero-order valence-electron chi connectivity index (χ0n) is 35.8. The Labute approximate surface area is 387 Å². The Balaban J connectivity index is -0.000000220. The van der Waals surface area contributed by atoms with E-state index in [-0.39, 0.29) is 65.1 Å². The molecule has 2 radical (unpaired) electrons. The number of rotatable bonds is 4. The van der Waals surface area contributed by atoms with Gasteiger partial charge in [-0.2, -0.15) is 15.8 Å². The molecule has 0 aliphatic carbocycles. The minimum absolute atomic E-state index is 0. The number of esters is 4. The second kappa shape index (κ2) is 35.0. The van der Waals surface area contributed by atoms with E-state index in [9.17, 15) is 58.5 Å². The van der Waals surface area contributed by atoms with Gasteiger partial charge in [0.05, 0.1) is 90.4 Å². The predicted molar refractivity (Wildman–Crippen MR) is 198 cm³/mol. The molecular weight excluding hydrogens is 1020 g/mol. The van der Waals surface area contributed by atoms with Gasteiger partial charge < -0.3 is 59.2 Å². The van der Waals surface area contributed by atoms with Gasteiger partial charge in [-0.25, -0.2) is 14.4 Å². The molecule has 63 heavy (non-hydrogen) atoms. The fourth-order valence-electron chi connectivity index (χ4n) is 4.09. The smallest absolute Gasteiger partial charge is 0.846 e. The van der Waals surface area contributed by atoms with E-state index in [2.05, 4.69) is 39.2 Å². The van der Waals surface area contributed by atoms with Crippen LogP contribution < -0.4 is 15.3 Å². The third kappa shape index (κ3) is 23.8. The number of carbonyl (C=O) groups excluding carboxylic acids is 9. The van der Waals surface area contributed by atoms with E-state index in [1.807, 2.05) is 0 Å². The summed E-state index contributed by atoms with van der Waals surface area (Å²) in [5, 5.41) is 58.3. The normalized spacial score (nSPS) is 17.9. The molecule has 0 unspecified atom stereocenters. The maximum atomic E-state index is 11.0. The molecule has 4 heterocycles. The van der Waals surface area contributed by atoms with Gasteiger partial charge in [-0.15, -0.1) is 0 Å². The predicted octanol–water partition coefficient (Wildman–Crippen LogP) is -4.21. The number of methoxy groups -OCH3 is 4. The number of nitriles is 3. The molecule has 0 bridgehead atoms. The SMILES string of the molecule is CC#N.CC#N.CC#N.COC(=O)[C@@H]1CN(C(C)=O)C(=O)[N-]1.COC(=O)[C@@H]1CN(C(C)=O)C([O-])=N1.COC(=O)[C@@H]1CN(C(C)=O)C([O-])=N1.COC(=O)[C@@H]1CN(C(C)=O)C([O-])=N1.[Rh+2].[Rh+2]. The van der Waals surface area contributed by atoms with Crippen molar-refractivity contribution in [3.63, 3.8) is 0 Å². The molecule has 0 aromatic carbocycles. The topological polar surface area (TPSA) is 395 Å². The van der Waals surface area contributed by atoms with Gasteiger partial charge >= 0.3 is 62.8 Å². The Kier molecular flexibility index (Phi) is 36.4. The summed E-state index contributed by atoms with van der Waals surface area (Å²) in [6.07, 6.45) is 0. The number of nitrogens with zero attached hydrogens (tertiary/aromatic N) is 11. The number of carbonyl (C=O) groups is 9. The molecule has 0 N–H and O–H groups in total. The second-order valence-corrected chi connectivity index (χ2v) is 11.0. The first-order valence-electron chi connectivity index (χ1n) is 16.8. The van der Waals surface area contributed by atoms with Crippen LogP contribution in [-0.2, 0) is 96.3 Å². The monoisotopic (exact) mass is 1070 g/mol. The fourth-order valence-corrected chi connectivity index (χ4v) is 4.09. The van der Waals surface area contributed by atoms with E-state index in [1.54, 1.807) is 18.2 Å². The molecule has 350 valence electrons. The van der Waals surface area contributed by atoms with Crippen molar-refractivity contribution in [1.29, 1.82) is 15.8 Å². The number of aliphatic imine (C=N–C) groups is 3. The average Bonchev–Trinajstić information content (AvgIpc) is 4.00. The van der Waals surface area contributed by atoms with Crippen LogP contribution in [0.2, 0.25) is 0 Å². The summed E-state index contributed by atoms with van der Waals surface area (Å²) in [7, 11) is 4.83. The third-order valence-corrected chi connectivity index (χ3v) is 6.82. The molecule has 29 heteroatoms. The maximum absolute atomic E-state index is 11.0. The van der Waals surface area contributed by atoms with Crippen molar-refractivity contribution in [3.8, 4) is 18.2 Å².